The summed E-state index contributed by atoms with van der Waals surface area (Å²) in [5, 5.41) is 0. The van der Waals surface area contributed by atoms with E-state index in [1.165, 1.54) is 122 Å². The molecule has 6 nitrogen and oxygen atoms in total. The molecule has 0 aromatic rings. The fourth-order valence-corrected chi connectivity index (χ4v) is 8.88. The summed E-state index contributed by atoms with van der Waals surface area (Å²) in [6.07, 6.45) is 88.1. The number of hydrogen-bond acceptors (Lipinski definition) is 6. The second-order valence-electron chi connectivity index (χ2n) is 21.3. The first-order valence-corrected chi connectivity index (χ1v) is 32.4. The maximum atomic E-state index is 12.9. The van der Waals surface area contributed by atoms with Crippen LogP contribution in [0.5, 0.6) is 0 Å². The molecular formula is C71H120O6. The van der Waals surface area contributed by atoms with Gasteiger partial charge in [0.1, 0.15) is 13.2 Å². The number of allylic oxidation sites excluding steroid dienone is 18. The van der Waals surface area contributed by atoms with Gasteiger partial charge in [-0.3, -0.25) is 14.4 Å². The van der Waals surface area contributed by atoms with Gasteiger partial charge < -0.3 is 14.2 Å². The van der Waals surface area contributed by atoms with Crippen LogP contribution in [0.3, 0.4) is 0 Å². The summed E-state index contributed by atoms with van der Waals surface area (Å²) in [4.78, 5) is 38.3. The Balaban J connectivity index is 4.29. The van der Waals surface area contributed by atoms with Crippen LogP contribution >= 0.6 is 0 Å². The Morgan fingerprint density at radius 1 is 0.273 bits per heavy atom. The molecule has 0 aromatic carbocycles. The zero-order valence-corrected chi connectivity index (χ0v) is 50.4. The van der Waals surface area contributed by atoms with Crippen LogP contribution < -0.4 is 0 Å². The van der Waals surface area contributed by atoms with Crippen molar-refractivity contribution < 1.29 is 28.6 Å². The average Bonchev–Trinajstić information content (AvgIpc) is 3.43. The predicted molar refractivity (Wildman–Crippen MR) is 334 cm³/mol. The third-order valence-electron chi connectivity index (χ3n) is 13.7. The SMILES string of the molecule is CC/C=C\C/C=C\C/C=C\C/C=C\C/C=C\CCCCCCCCCCCCCCCC(=O)OCC(COC(=O)CCCCCCC/C=C\C/C=C\CCCCC)OC(=O)CCCCCCC/C=C\C/C=C\CCCCC. The third-order valence-corrected chi connectivity index (χ3v) is 13.7. The summed E-state index contributed by atoms with van der Waals surface area (Å²) >= 11 is 0. The van der Waals surface area contributed by atoms with E-state index in [0.717, 1.165) is 141 Å². The number of rotatable bonds is 58. The highest BCUT2D eigenvalue weighted by Crippen LogP contribution is 2.16. The minimum atomic E-state index is -0.793. The number of hydrogen-bond donors (Lipinski definition) is 0. The zero-order valence-electron chi connectivity index (χ0n) is 50.4. The van der Waals surface area contributed by atoms with Gasteiger partial charge in [0.05, 0.1) is 0 Å². The van der Waals surface area contributed by atoms with Gasteiger partial charge in [-0.05, 0) is 128 Å². The third kappa shape index (κ3) is 62.8. The van der Waals surface area contributed by atoms with E-state index in [0.29, 0.717) is 19.3 Å². The topological polar surface area (TPSA) is 78.9 Å². The lowest BCUT2D eigenvalue weighted by Gasteiger charge is -2.18. The van der Waals surface area contributed by atoms with Crippen molar-refractivity contribution in [1.82, 2.24) is 0 Å². The van der Waals surface area contributed by atoms with E-state index in [4.69, 9.17) is 14.2 Å². The summed E-state index contributed by atoms with van der Waals surface area (Å²) in [6, 6.07) is 0. The first kappa shape index (κ1) is 73.1. The molecule has 1 unspecified atom stereocenters. The lowest BCUT2D eigenvalue weighted by molar-refractivity contribution is -0.167. The van der Waals surface area contributed by atoms with Crippen LogP contribution in [-0.4, -0.2) is 37.2 Å². The lowest BCUT2D eigenvalue weighted by atomic mass is 10.0. The van der Waals surface area contributed by atoms with Crippen LogP contribution in [0.1, 0.15) is 303 Å². The van der Waals surface area contributed by atoms with E-state index in [1.54, 1.807) is 0 Å². The van der Waals surface area contributed by atoms with Crippen LogP contribution in [0.15, 0.2) is 109 Å². The number of unbranched alkanes of at least 4 members (excludes halogenated alkanes) is 29. The van der Waals surface area contributed by atoms with E-state index >= 15 is 0 Å². The minimum Gasteiger partial charge on any atom is -0.462 e. The highest BCUT2D eigenvalue weighted by molar-refractivity contribution is 5.71. The Morgan fingerprint density at radius 2 is 0.506 bits per heavy atom. The molecule has 0 N–H and O–H groups in total. The van der Waals surface area contributed by atoms with Crippen molar-refractivity contribution in [2.24, 2.45) is 0 Å². The Kier molecular flexibility index (Phi) is 61.3. The first-order valence-electron chi connectivity index (χ1n) is 32.4. The second-order valence-corrected chi connectivity index (χ2v) is 21.3. The van der Waals surface area contributed by atoms with Gasteiger partial charge in [-0.15, -0.1) is 0 Å². The highest BCUT2D eigenvalue weighted by atomic mass is 16.6. The lowest BCUT2D eigenvalue weighted by Crippen LogP contribution is -2.30. The molecule has 0 fully saturated rings. The summed E-state index contributed by atoms with van der Waals surface area (Å²) in [7, 11) is 0. The predicted octanol–water partition coefficient (Wildman–Crippen LogP) is 22.2. The molecule has 0 rings (SSSR count). The number of carbonyl (C=O) groups excluding carboxylic acids is 3. The molecule has 6 heteroatoms. The Bertz CT molecular complexity index is 1560. The van der Waals surface area contributed by atoms with Crippen LogP contribution in [0.2, 0.25) is 0 Å². The normalized spacial score (nSPS) is 12.8. The van der Waals surface area contributed by atoms with Gasteiger partial charge in [0, 0.05) is 19.3 Å². The van der Waals surface area contributed by atoms with Crippen LogP contribution in [0.4, 0.5) is 0 Å². The van der Waals surface area contributed by atoms with Crippen molar-refractivity contribution in [3.63, 3.8) is 0 Å². The van der Waals surface area contributed by atoms with Crippen LogP contribution in [0.25, 0.3) is 0 Å². The minimum absolute atomic E-state index is 0.0885. The summed E-state index contributed by atoms with van der Waals surface area (Å²) in [5.41, 5.74) is 0. The zero-order chi connectivity index (χ0) is 55.7. The van der Waals surface area contributed by atoms with Crippen molar-refractivity contribution in [3.8, 4) is 0 Å². The summed E-state index contributed by atoms with van der Waals surface area (Å²) in [6.45, 7) is 6.47. The Hall–Kier alpha value is -3.93. The fourth-order valence-electron chi connectivity index (χ4n) is 8.88. The molecule has 0 saturated carbocycles. The molecule has 77 heavy (non-hydrogen) atoms. The molecule has 0 aliphatic carbocycles. The Morgan fingerprint density at radius 3 is 0.792 bits per heavy atom. The highest BCUT2D eigenvalue weighted by Gasteiger charge is 2.19. The van der Waals surface area contributed by atoms with Crippen molar-refractivity contribution in [1.29, 1.82) is 0 Å². The quantitative estimate of drug-likeness (QED) is 0.0261. The molecule has 0 saturated heterocycles. The smallest absolute Gasteiger partial charge is 0.306 e. The molecular weight excluding hydrogens is 949 g/mol. The van der Waals surface area contributed by atoms with Crippen molar-refractivity contribution in [2.45, 2.75) is 309 Å². The molecule has 0 aliphatic rings. The van der Waals surface area contributed by atoms with E-state index in [2.05, 4.69) is 130 Å². The van der Waals surface area contributed by atoms with Crippen LogP contribution in [0, 0.1) is 0 Å². The van der Waals surface area contributed by atoms with Gasteiger partial charge in [0.25, 0.3) is 0 Å². The molecule has 440 valence electrons. The van der Waals surface area contributed by atoms with Gasteiger partial charge in [0.2, 0.25) is 0 Å². The maximum absolute atomic E-state index is 12.9. The number of esters is 3. The first-order chi connectivity index (χ1) is 38.0. The number of ether oxygens (including phenoxy) is 3. The molecule has 0 heterocycles. The molecule has 1 atom stereocenters. The largest absolute Gasteiger partial charge is 0.462 e. The second kappa shape index (κ2) is 64.6. The molecule has 0 radical (unpaired) electrons. The van der Waals surface area contributed by atoms with E-state index in [-0.39, 0.29) is 31.1 Å². The maximum Gasteiger partial charge on any atom is 0.306 e. The monoisotopic (exact) mass is 1070 g/mol. The molecule has 0 bridgehead atoms. The van der Waals surface area contributed by atoms with Crippen molar-refractivity contribution >= 4 is 17.9 Å². The fraction of sp³-hybridized carbons (Fsp3) is 0.704. The number of carbonyl (C=O) groups is 3. The molecule has 0 spiro atoms. The summed E-state index contributed by atoms with van der Waals surface area (Å²) in [5.74, 6) is -0.910. The molecule has 0 aliphatic heterocycles. The van der Waals surface area contributed by atoms with Gasteiger partial charge in [-0.1, -0.05) is 265 Å². The summed E-state index contributed by atoms with van der Waals surface area (Å²) < 4.78 is 16.9. The Labute approximate surface area is 476 Å². The molecule has 0 aromatic heterocycles. The average molecular weight is 1070 g/mol. The van der Waals surface area contributed by atoms with Gasteiger partial charge >= 0.3 is 17.9 Å². The van der Waals surface area contributed by atoms with Gasteiger partial charge in [-0.2, -0.15) is 0 Å². The van der Waals surface area contributed by atoms with Gasteiger partial charge in [0.15, 0.2) is 6.10 Å². The van der Waals surface area contributed by atoms with E-state index in [1.807, 2.05) is 0 Å². The van der Waals surface area contributed by atoms with Crippen molar-refractivity contribution in [3.05, 3.63) is 109 Å². The van der Waals surface area contributed by atoms with Crippen molar-refractivity contribution in [2.75, 3.05) is 13.2 Å². The van der Waals surface area contributed by atoms with Gasteiger partial charge in [-0.25, -0.2) is 0 Å². The van der Waals surface area contributed by atoms with E-state index < -0.39 is 6.10 Å². The van der Waals surface area contributed by atoms with E-state index in [9.17, 15) is 14.4 Å². The standard InChI is InChI=1S/C71H120O6/c1-4-7-10-13-16-19-22-25-28-29-30-31-32-33-34-35-36-37-38-39-40-41-44-46-49-52-55-58-61-64-70(73)76-67-68(77-71(74)65-62-59-56-53-50-47-43-27-24-21-18-15-12-9-6-3)66-75-69(72)63-60-57-54-51-48-45-42-26-23-20-17-14-11-8-5-2/h7,10,16-21,25-28,30-31,33-34,42-43,68H,4-6,8-9,11-15,22-24,29,32,35-41,44-67H2,1-3H3/b10-7-,19-16-,20-17-,21-18-,28-25-,31-30-,34-33-,42-26-,43-27-. The van der Waals surface area contributed by atoms with Crippen LogP contribution in [-0.2, 0) is 28.6 Å². The molecule has 0 amide bonds.